The van der Waals surface area contributed by atoms with E-state index < -0.39 is 22.3 Å². The maximum absolute atomic E-state index is 13.0. The van der Waals surface area contributed by atoms with Gasteiger partial charge in [-0.15, -0.1) is 5.10 Å². The van der Waals surface area contributed by atoms with Crippen molar-refractivity contribution in [2.75, 3.05) is 12.3 Å². The van der Waals surface area contributed by atoms with Crippen LogP contribution in [0.1, 0.15) is 22.4 Å². The Morgan fingerprint density at radius 2 is 2.08 bits per heavy atom. The number of halogens is 4. The fourth-order valence-electron chi connectivity index (χ4n) is 2.63. The molecule has 0 saturated heterocycles. The van der Waals surface area contributed by atoms with Crippen molar-refractivity contribution < 1.29 is 18.3 Å². The van der Waals surface area contributed by atoms with E-state index >= 15 is 0 Å². The summed E-state index contributed by atoms with van der Waals surface area (Å²) in [5.41, 5.74) is 4.66. The highest BCUT2D eigenvalue weighted by molar-refractivity contribution is 6.31. The van der Waals surface area contributed by atoms with Gasteiger partial charge < -0.3 is 15.8 Å². The van der Waals surface area contributed by atoms with Crippen molar-refractivity contribution in [3.8, 4) is 0 Å². The number of H-pyrrole nitrogens is 1. The van der Waals surface area contributed by atoms with E-state index in [-0.39, 0.29) is 42.3 Å². The van der Waals surface area contributed by atoms with Crippen LogP contribution in [0.25, 0.3) is 5.78 Å². The van der Waals surface area contributed by atoms with E-state index in [0.29, 0.717) is 5.69 Å². The SMILES string of the molecule is Nc1nc2[nH]c(CCO)c(Cc3ccc(Cl)c(C(F)(F)F)c3)c(=O)n2n1. The molecule has 0 aliphatic rings. The van der Waals surface area contributed by atoms with Crippen LogP contribution in [0, 0.1) is 0 Å². The van der Waals surface area contributed by atoms with Crippen molar-refractivity contribution in [2.45, 2.75) is 19.0 Å². The average Bonchev–Trinajstić information content (AvgIpc) is 2.92. The maximum Gasteiger partial charge on any atom is 0.417 e. The van der Waals surface area contributed by atoms with Gasteiger partial charge in [-0.2, -0.15) is 22.7 Å². The fourth-order valence-corrected chi connectivity index (χ4v) is 2.85. The molecule has 0 saturated carbocycles. The molecule has 0 aliphatic heterocycles. The van der Waals surface area contributed by atoms with Crippen molar-refractivity contribution in [1.29, 1.82) is 0 Å². The first-order valence-electron chi connectivity index (χ1n) is 7.43. The van der Waals surface area contributed by atoms with Crippen LogP contribution >= 0.6 is 11.6 Å². The van der Waals surface area contributed by atoms with Gasteiger partial charge in [-0.1, -0.05) is 17.7 Å². The van der Waals surface area contributed by atoms with E-state index in [1.807, 2.05) is 0 Å². The summed E-state index contributed by atoms with van der Waals surface area (Å²) < 4.78 is 40.0. The maximum atomic E-state index is 13.0. The van der Waals surface area contributed by atoms with Gasteiger partial charge in [0.05, 0.1) is 10.6 Å². The third-order valence-corrected chi connectivity index (χ3v) is 4.11. The van der Waals surface area contributed by atoms with Crippen LogP contribution in [0.3, 0.4) is 0 Å². The van der Waals surface area contributed by atoms with Crippen molar-refractivity contribution in [3.05, 3.63) is 56.0 Å². The molecular weight excluding hydrogens is 375 g/mol. The number of aromatic amines is 1. The Morgan fingerprint density at radius 3 is 2.73 bits per heavy atom. The highest BCUT2D eigenvalue weighted by Gasteiger charge is 2.33. The normalized spacial score (nSPS) is 12.0. The summed E-state index contributed by atoms with van der Waals surface area (Å²) in [4.78, 5) is 19.3. The van der Waals surface area contributed by atoms with Crippen molar-refractivity contribution >= 4 is 23.3 Å². The number of hydrogen-bond acceptors (Lipinski definition) is 5. The molecule has 2 aromatic heterocycles. The molecule has 26 heavy (non-hydrogen) atoms. The number of anilines is 1. The van der Waals surface area contributed by atoms with E-state index in [2.05, 4.69) is 15.1 Å². The highest BCUT2D eigenvalue weighted by Crippen LogP contribution is 2.35. The number of nitrogen functional groups attached to an aromatic ring is 1. The summed E-state index contributed by atoms with van der Waals surface area (Å²) in [6, 6.07) is 3.43. The number of aromatic nitrogens is 4. The number of nitrogens with one attached hydrogen (secondary N) is 1. The molecular formula is C15H13ClF3N5O2. The number of nitrogens with zero attached hydrogens (tertiary/aromatic N) is 3. The Bertz CT molecular complexity index is 1030. The van der Waals surface area contributed by atoms with E-state index in [4.69, 9.17) is 17.3 Å². The smallest absolute Gasteiger partial charge is 0.396 e. The average molecular weight is 388 g/mol. The van der Waals surface area contributed by atoms with Gasteiger partial charge in [0.2, 0.25) is 11.7 Å². The molecule has 0 bridgehead atoms. The standard InChI is InChI=1S/C15H13ClF3N5O2/c16-10-2-1-7(6-9(10)15(17,18)19)5-8-11(3-4-25)21-14-22-13(20)23-24(14)12(8)26/h1-2,6,25H,3-5H2,(H3,20,21,22,23). The van der Waals surface area contributed by atoms with Crippen LogP contribution in [-0.4, -0.2) is 31.3 Å². The monoisotopic (exact) mass is 387 g/mol. The van der Waals surface area contributed by atoms with Crippen LogP contribution in [0.4, 0.5) is 19.1 Å². The Labute approximate surface area is 149 Å². The summed E-state index contributed by atoms with van der Waals surface area (Å²) in [6.45, 7) is -0.267. The summed E-state index contributed by atoms with van der Waals surface area (Å²) >= 11 is 5.62. The van der Waals surface area contributed by atoms with E-state index in [1.165, 1.54) is 6.07 Å². The van der Waals surface area contributed by atoms with Crippen molar-refractivity contribution in [1.82, 2.24) is 19.6 Å². The van der Waals surface area contributed by atoms with Gasteiger partial charge in [-0.3, -0.25) is 4.79 Å². The molecule has 3 rings (SSSR count). The molecule has 0 amide bonds. The number of fused-ring (bicyclic) bond motifs is 1. The molecule has 0 spiro atoms. The lowest BCUT2D eigenvalue weighted by Gasteiger charge is -2.12. The van der Waals surface area contributed by atoms with Crippen LogP contribution in [0.5, 0.6) is 0 Å². The van der Waals surface area contributed by atoms with E-state index in [9.17, 15) is 23.1 Å². The first-order valence-corrected chi connectivity index (χ1v) is 7.81. The first-order chi connectivity index (χ1) is 12.2. The predicted octanol–water partition coefficient (Wildman–Crippen LogP) is 1.80. The topological polar surface area (TPSA) is 109 Å². The predicted molar refractivity (Wildman–Crippen MR) is 88.1 cm³/mol. The molecule has 0 aliphatic carbocycles. The highest BCUT2D eigenvalue weighted by atomic mass is 35.5. The van der Waals surface area contributed by atoms with Crippen molar-refractivity contribution in [2.24, 2.45) is 0 Å². The first kappa shape index (κ1) is 18.2. The second-order valence-electron chi connectivity index (χ2n) is 5.56. The van der Waals surface area contributed by atoms with Gasteiger partial charge in [-0.05, 0) is 17.7 Å². The Morgan fingerprint density at radius 1 is 1.35 bits per heavy atom. The van der Waals surface area contributed by atoms with Gasteiger partial charge in [0.1, 0.15) is 0 Å². The van der Waals surface area contributed by atoms with Crippen LogP contribution in [-0.2, 0) is 19.0 Å². The minimum Gasteiger partial charge on any atom is -0.396 e. The molecule has 0 unspecified atom stereocenters. The van der Waals surface area contributed by atoms with Gasteiger partial charge in [-0.25, -0.2) is 0 Å². The number of aliphatic hydroxyl groups excluding tert-OH is 1. The number of alkyl halides is 3. The Balaban J connectivity index is 2.12. The zero-order chi connectivity index (χ0) is 19.1. The Hall–Kier alpha value is -2.59. The summed E-state index contributed by atoms with van der Waals surface area (Å²) in [6.07, 6.45) is -4.63. The molecule has 11 heteroatoms. The lowest BCUT2D eigenvalue weighted by molar-refractivity contribution is -0.137. The number of aliphatic hydroxyl groups is 1. The third kappa shape index (κ3) is 3.37. The fraction of sp³-hybridized carbons (Fsp3) is 0.267. The zero-order valence-electron chi connectivity index (χ0n) is 13.1. The number of nitrogens with two attached hydrogens (primary N) is 1. The van der Waals surface area contributed by atoms with Crippen LogP contribution in [0.15, 0.2) is 23.0 Å². The number of benzene rings is 1. The van der Waals surface area contributed by atoms with Gasteiger partial charge in [0.25, 0.3) is 5.56 Å². The second-order valence-corrected chi connectivity index (χ2v) is 5.96. The summed E-state index contributed by atoms with van der Waals surface area (Å²) in [5, 5.41) is 12.5. The van der Waals surface area contributed by atoms with Gasteiger partial charge in [0, 0.05) is 30.7 Å². The molecule has 7 nitrogen and oxygen atoms in total. The summed E-state index contributed by atoms with van der Waals surface area (Å²) in [7, 11) is 0. The molecule has 1 aromatic carbocycles. The van der Waals surface area contributed by atoms with E-state index in [1.54, 1.807) is 0 Å². The largest absolute Gasteiger partial charge is 0.417 e. The summed E-state index contributed by atoms with van der Waals surface area (Å²) in [5.74, 6) is -0.0388. The quantitative estimate of drug-likeness (QED) is 0.632. The molecule has 0 radical (unpaired) electrons. The third-order valence-electron chi connectivity index (χ3n) is 3.78. The Kier molecular flexibility index (Phi) is 4.63. The number of rotatable bonds is 4. The molecule has 4 N–H and O–H groups in total. The van der Waals surface area contributed by atoms with E-state index in [0.717, 1.165) is 16.6 Å². The minimum atomic E-state index is -4.61. The molecule has 3 aromatic rings. The van der Waals surface area contributed by atoms with Gasteiger partial charge >= 0.3 is 6.18 Å². The molecule has 0 fully saturated rings. The molecule has 138 valence electrons. The van der Waals surface area contributed by atoms with Crippen molar-refractivity contribution in [3.63, 3.8) is 0 Å². The second kappa shape index (κ2) is 6.61. The lowest BCUT2D eigenvalue weighted by atomic mass is 10.0. The molecule has 0 atom stereocenters. The van der Waals surface area contributed by atoms with Crippen LogP contribution in [0.2, 0.25) is 5.02 Å². The molecule has 2 heterocycles. The minimum absolute atomic E-state index is 0.0896. The lowest BCUT2D eigenvalue weighted by Crippen LogP contribution is -2.24. The van der Waals surface area contributed by atoms with Crippen LogP contribution < -0.4 is 11.3 Å². The number of hydrogen-bond donors (Lipinski definition) is 3. The van der Waals surface area contributed by atoms with Gasteiger partial charge in [0.15, 0.2) is 0 Å². The zero-order valence-corrected chi connectivity index (χ0v) is 13.9.